The minimum atomic E-state index is -0.546. The third kappa shape index (κ3) is 4.33. The minimum Gasteiger partial charge on any atom is -0.292 e. The van der Waals surface area contributed by atoms with E-state index in [-0.39, 0.29) is 5.78 Å². The molecule has 1 aromatic carbocycles. The summed E-state index contributed by atoms with van der Waals surface area (Å²) in [5, 5.41) is 10.6. The molecule has 2 aromatic heterocycles. The smallest absolute Gasteiger partial charge is 0.274 e. The standard InChI is InChI=1S/C23H23N3O3S2/c27-17(12-7-13-5-8-15(9-6-13)21(28)26-29)19-20(14-10-11-14)31-23(25-19)22-24-16-3-1-2-4-18(16)30-22/h5-6,8-9,14,29H,1-4,7,10-12H2,(H,26,28). The number of hydroxylamine groups is 1. The molecule has 6 nitrogen and oxygen atoms in total. The van der Waals surface area contributed by atoms with Crippen LogP contribution in [0.25, 0.3) is 10.0 Å². The number of ketones is 1. The average molecular weight is 454 g/mol. The predicted octanol–water partition coefficient (Wildman–Crippen LogP) is 4.96. The van der Waals surface area contributed by atoms with Crippen molar-refractivity contribution in [1.82, 2.24) is 15.4 Å². The summed E-state index contributed by atoms with van der Waals surface area (Å²) in [5.41, 5.74) is 4.83. The number of carbonyl (C=O) groups is 2. The third-order valence-corrected chi connectivity index (χ3v) is 8.37. The number of hydrogen-bond donors (Lipinski definition) is 2. The summed E-state index contributed by atoms with van der Waals surface area (Å²) in [6.07, 6.45) is 7.82. The molecule has 0 atom stereocenters. The van der Waals surface area contributed by atoms with E-state index in [4.69, 9.17) is 15.2 Å². The van der Waals surface area contributed by atoms with Crippen LogP contribution in [0, 0.1) is 0 Å². The number of rotatable bonds is 7. The SMILES string of the molecule is O=C(NO)c1ccc(CCC(=O)c2nc(-c3nc4c(s3)CCCC4)sc2C2CC2)cc1. The number of Topliss-reactive ketones (excluding diaryl/α,β-unsaturated/α-hetero) is 1. The molecule has 2 aliphatic rings. The van der Waals surface area contributed by atoms with Gasteiger partial charge in [-0.15, -0.1) is 22.7 Å². The zero-order valence-electron chi connectivity index (χ0n) is 17.0. The molecule has 2 N–H and O–H groups in total. The Kier molecular flexibility index (Phi) is 5.69. The summed E-state index contributed by atoms with van der Waals surface area (Å²) in [6, 6.07) is 6.91. The second-order valence-electron chi connectivity index (χ2n) is 8.16. The Morgan fingerprint density at radius 2 is 1.77 bits per heavy atom. The topological polar surface area (TPSA) is 92.2 Å². The number of nitrogens with zero attached hydrogens (tertiary/aromatic N) is 2. The van der Waals surface area contributed by atoms with Gasteiger partial charge in [0.15, 0.2) is 15.8 Å². The van der Waals surface area contributed by atoms with Crippen LogP contribution in [-0.2, 0) is 19.3 Å². The van der Waals surface area contributed by atoms with Gasteiger partial charge in [-0.05, 0) is 68.6 Å². The van der Waals surface area contributed by atoms with Crippen LogP contribution in [0.15, 0.2) is 24.3 Å². The van der Waals surface area contributed by atoms with Crippen molar-refractivity contribution in [1.29, 1.82) is 0 Å². The highest BCUT2D eigenvalue weighted by Gasteiger charge is 2.32. The highest BCUT2D eigenvalue weighted by Crippen LogP contribution is 2.47. The van der Waals surface area contributed by atoms with E-state index in [9.17, 15) is 9.59 Å². The Morgan fingerprint density at radius 1 is 1.03 bits per heavy atom. The molecule has 0 unspecified atom stereocenters. The van der Waals surface area contributed by atoms with Crippen molar-refractivity contribution in [3.8, 4) is 10.0 Å². The molecule has 0 bridgehead atoms. The number of carbonyl (C=O) groups excluding carboxylic acids is 2. The number of aryl methyl sites for hydroxylation is 3. The highest BCUT2D eigenvalue weighted by atomic mass is 32.1. The first kappa shape index (κ1) is 20.5. The van der Waals surface area contributed by atoms with Crippen LogP contribution in [0.4, 0.5) is 0 Å². The van der Waals surface area contributed by atoms with Crippen LogP contribution in [0.5, 0.6) is 0 Å². The van der Waals surface area contributed by atoms with Gasteiger partial charge < -0.3 is 0 Å². The van der Waals surface area contributed by atoms with Crippen molar-refractivity contribution in [3.63, 3.8) is 0 Å². The maximum absolute atomic E-state index is 13.1. The zero-order valence-corrected chi connectivity index (χ0v) is 18.7. The van der Waals surface area contributed by atoms with Crippen LogP contribution < -0.4 is 5.48 Å². The Morgan fingerprint density at radius 3 is 2.48 bits per heavy atom. The number of benzene rings is 1. The monoisotopic (exact) mass is 453 g/mol. The summed E-state index contributed by atoms with van der Waals surface area (Å²) < 4.78 is 0. The molecule has 5 rings (SSSR count). The lowest BCUT2D eigenvalue weighted by atomic mass is 10.0. The Bertz CT molecular complexity index is 1110. The van der Waals surface area contributed by atoms with Gasteiger partial charge in [0.05, 0.1) is 5.69 Å². The Hall–Kier alpha value is -2.42. The molecule has 160 valence electrons. The van der Waals surface area contributed by atoms with Crippen molar-refractivity contribution < 1.29 is 14.8 Å². The molecule has 8 heteroatoms. The molecule has 0 radical (unpaired) electrons. The number of thiazole rings is 2. The molecule has 1 amide bonds. The molecule has 31 heavy (non-hydrogen) atoms. The molecule has 2 heterocycles. The van der Waals surface area contributed by atoms with E-state index in [1.54, 1.807) is 40.3 Å². The van der Waals surface area contributed by atoms with Gasteiger partial charge in [-0.1, -0.05) is 12.1 Å². The van der Waals surface area contributed by atoms with Gasteiger partial charge >= 0.3 is 0 Å². The van der Waals surface area contributed by atoms with E-state index in [1.807, 2.05) is 12.1 Å². The molecule has 0 spiro atoms. The molecule has 1 fully saturated rings. The first-order valence-electron chi connectivity index (χ1n) is 10.7. The largest absolute Gasteiger partial charge is 0.292 e. The molecule has 0 aliphatic heterocycles. The fourth-order valence-electron chi connectivity index (χ4n) is 3.95. The van der Waals surface area contributed by atoms with Crippen molar-refractivity contribution in [2.75, 3.05) is 0 Å². The fourth-order valence-corrected chi connectivity index (χ4v) is 6.37. The van der Waals surface area contributed by atoms with E-state index < -0.39 is 5.91 Å². The van der Waals surface area contributed by atoms with E-state index in [0.29, 0.717) is 30.0 Å². The van der Waals surface area contributed by atoms with Crippen LogP contribution in [0.1, 0.15) is 79.9 Å². The van der Waals surface area contributed by atoms with Gasteiger partial charge in [-0.2, -0.15) is 0 Å². The Balaban J connectivity index is 1.33. The van der Waals surface area contributed by atoms with Gasteiger partial charge in [-0.25, -0.2) is 15.4 Å². The van der Waals surface area contributed by atoms with Crippen LogP contribution in [0.2, 0.25) is 0 Å². The molecular weight excluding hydrogens is 430 g/mol. The maximum Gasteiger partial charge on any atom is 0.274 e. The van der Waals surface area contributed by atoms with Crippen molar-refractivity contribution in [2.24, 2.45) is 0 Å². The van der Waals surface area contributed by atoms with E-state index in [2.05, 4.69) is 0 Å². The van der Waals surface area contributed by atoms with Crippen molar-refractivity contribution in [3.05, 3.63) is 56.5 Å². The second kappa shape index (κ2) is 8.61. The minimum absolute atomic E-state index is 0.0721. The quantitative estimate of drug-likeness (QED) is 0.300. The van der Waals surface area contributed by atoms with Crippen LogP contribution in [-0.4, -0.2) is 26.9 Å². The lowest BCUT2D eigenvalue weighted by Crippen LogP contribution is -2.18. The lowest BCUT2D eigenvalue weighted by Gasteiger charge is -2.06. The van der Waals surface area contributed by atoms with Gasteiger partial charge in [-0.3, -0.25) is 14.8 Å². The molecular formula is C23H23N3O3S2. The van der Waals surface area contributed by atoms with Crippen LogP contribution in [0.3, 0.4) is 0 Å². The van der Waals surface area contributed by atoms with E-state index >= 15 is 0 Å². The van der Waals surface area contributed by atoms with E-state index in [1.165, 1.54) is 23.4 Å². The van der Waals surface area contributed by atoms with E-state index in [0.717, 1.165) is 46.1 Å². The van der Waals surface area contributed by atoms with Gasteiger partial charge in [0.2, 0.25) is 0 Å². The summed E-state index contributed by atoms with van der Waals surface area (Å²) >= 11 is 3.40. The van der Waals surface area contributed by atoms with Gasteiger partial charge in [0, 0.05) is 21.7 Å². The molecule has 1 saturated carbocycles. The number of hydrogen-bond acceptors (Lipinski definition) is 7. The molecule has 3 aromatic rings. The maximum atomic E-state index is 13.1. The summed E-state index contributed by atoms with van der Waals surface area (Å²) in [4.78, 5) is 36.6. The molecule has 2 aliphatic carbocycles. The van der Waals surface area contributed by atoms with Crippen molar-refractivity contribution in [2.45, 2.75) is 57.3 Å². The molecule has 0 saturated heterocycles. The zero-order chi connectivity index (χ0) is 21.4. The lowest BCUT2D eigenvalue weighted by molar-refractivity contribution is 0.0706. The third-order valence-electron chi connectivity index (χ3n) is 5.85. The summed E-state index contributed by atoms with van der Waals surface area (Å²) in [7, 11) is 0. The summed E-state index contributed by atoms with van der Waals surface area (Å²) in [5.74, 6) is -0.00506. The number of aromatic nitrogens is 2. The normalized spacial score (nSPS) is 15.5. The van der Waals surface area contributed by atoms with Gasteiger partial charge in [0.25, 0.3) is 5.91 Å². The average Bonchev–Trinajstić information content (AvgIpc) is 3.40. The first-order valence-corrected chi connectivity index (χ1v) is 12.3. The number of amides is 1. The first-order chi connectivity index (χ1) is 15.1. The highest BCUT2D eigenvalue weighted by molar-refractivity contribution is 7.21. The van der Waals surface area contributed by atoms with Crippen molar-refractivity contribution >= 4 is 34.4 Å². The fraction of sp³-hybridized carbons (Fsp3) is 0.391. The Labute approximate surface area is 188 Å². The van der Waals surface area contributed by atoms with Crippen LogP contribution >= 0.6 is 22.7 Å². The number of fused-ring (bicyclic) bond motifs is 1. The second-order valence-corrected chi connectivity index (χ2v) is 10.3. The number of nitrogens with one attached hydrogen (secondary N) is 1. The predicted molar refractivity (Wildman–Crippen MR) is 120 cm³/mol. The van der Waals surface area contributed by atoms with Gasteiger partial charge in [0.1, 0.15) is 5.69 Å². The summed E-state index contributed by atoms with van der Waals surface area (Å²) in [6.45, 7) is 0.